The summed E-state index contributed by atoms with van der Waals surface area (Å²) in [5, 5.41) is 0. The fourth-order valence-corrected chi connectivity index (χ4v) is 3.45. The highest BCUT2D eigenvalue weighted by Gasteiger charge is 2.23. The van der Waals surface area contributed by atoms with Crippen LogP contribution in [-0.4, -0.2) is 0 Å². The molecular formula is C27H27FO. The molecule has 3 rings (SSSR count). The van der Waals surface area contributed by atoms with Gasteiger partial charge < -0.3 is 4.74 Å². The van der Waals surface area contributed by atoms with E-state index in [-0.39, 0.29) is 17.0 Å². The summed E-state index contributed by atoms with van der Waals surface area (Å²) in [6, 6.07) is 22.9. The lowest BCUT2D eigenvalue weighted by Gasteiger charge is -2.24. The summed E-state index contributed by atoms with van der Waals surface area (Å²) in [5.74, 6) is 3.51. The summed E-state index contributed by atoms with van der Waals surface area (Å²) in [6.45, 7) is 4.26. The molecule has 0 fully saturated rings. The van der Waals surface area contributed by atoms with Crippen LogP contribution in [0.1, 0.15) is 43.4 Å². The topological polar surface area (TPSA) is 9.23 Å². The minimum atomic E-state index is -0.359. The van der Waals surface area contributed by atoms with Crippen molar-refractivity contribution in [2.45, 2.75) is 44.9 Å². The van der Waals surface area contributed by atoms with Gasteiger partial charge in [0, 0.05) is 0 Å². The molecule has 0 aliphatic heterocycles. The molecule has 1 nitrogen and oxygen atoms in total. The number of aryl methyl sites for hydroxylation is 2. The van der Waals surface area contributed by atoms with E-state index >= 15 is 0 Å². The molecule has 0 radical (unpaired) electrons. The lowest BCUT2D eigenvalue weighted by atomic mass is 9.78. The van der Waals surface area contributed by atoms with Gasteiger partial charge in [-0.15, -0.1) is 6.42 Å². The Balaban J connectivity index is 1.66. The molecule has 0 N–H and O–H groups in total. The third-order valence-electron chi connectivity index (χ3n) is 5.43. The Morgan fingerprint density at radius 2 is 1.66 bits per heavy atom. The number of ether oxygens (including phenoxy) is 1. The Bertz CT molecular complexity index is 970. The SMILES string of the molecule is C#CC(C)(CCCc1ccc(F)c(Oc2ccccc2)c1)c1ccc(CC)cc1. The molecule has 1 unspecified atom stereocenters. The maximum absolute atomic E-state index is 14.2. The Hall–Kier alpha value is -3.05. The summed E-state index contributed by atoms with van der Waals surface area (Å²) in [5.41, 5.74) is 3.21. The number of benzene rings is 3. The Morgan fingerprint density at radius 1 is 0.966 bits per heavy atom. The Morgan fingerprint density at radius 3 is 2.31 bits per heavy atom. The van der Waals surface area contributed by atoms with Crippen molar-refractivity contribution in [1.82, 2.24) is 0 Å². The van der Waals surface area contributed by atoms with Gasteiger partial charge in [-0.3, -0.25) is 0 Å². The molecule has 0 saturated carbocycles. The zero-order chi connectivity index (χ0) is 20.7. The summed E-state index contributed by atoms with van der Waals surface area (Å²) in [7, 11) is 0. The number of para-hydroxylation sites is 1. The zero-order valence-electron chi connectivity index (χ0n) is 17.1. The van der Waals surface area contributed by atoms with E-state index in [0.29, 0.717) is 5.75 Å². The summed E-state index contributed by atoms with van der Waals surface area (Å²) in [4.78, 5) is 0. The van der Waals surface area contributed by atoms with Crippen LogP contribution in [0.2, 0.25) is 0 Å². The lowest BCUT2D eigenvalue weighted by molar-refractivity contribution is 0.441. The van der Waals surface area contributed by atoms with Gasteiger partial charge in [0.05, 0.1) is 5.41 Å². The zero-order valence-corrected chi connectivity index (χ0v) is 17.1. The largest absolute Gasteiger partial charge is 0.454 e. The molecule has 0 spiro atoms. The number of hydrogen-bond donors (Lipinski definition) is 0. The average molecular weight is 387 g/mol. The van der Waals surface area contributed by atoms with E-state index < -0.39 is 0 Å². The van der Waals surface area contributed by atoms with Crippen molar-refractivity contribution in [1.29, 1.82) is 0 Å². The van der Waals surface area contributed by atoms with Gasteiger partial charge in [0.15, 0.2) is 11.6 Å². The molecule has 148 valence electrons. The third kappa shape index (κ3) is 5.27. The highest BCUT2D eigenvalue weighted by molar-refractivity contribution is 5.37. The maximum Gasteiger partial charge on any atom is 0.165 e. The summed E-state index contributed by atoms with van der Waals surface area (Å²) < 4.78 is 19.9. The molecule has 2 heteroatoms. The van der Waals surface area contributed by atoms with Crippen LogP contribution in [0.25, 0.3) is 0 Å². The van der Waals surface area contributed by atoms with Crippen molar-refractivity contribution < 1.29 is 9.13 Å². The first-order valence-corrected chi connectivity index (χ1v) is 10.1. The molecule has 0 aliphatic rings. The van der Waals surface area contributed by atoms with Crippen LogP contribution in [0.15, 0.2) is 72.8 Å². The van der Waals surface area contributed by atoms with Crippen LogP contribution in [0.3, 0.4) is 0 Å². The van der Waals surface area contributed by atoms with Gasteiger partial charge in [-0.2, -0.15) is 0 Å². The molecule has 29 heavy (non-hydrogen) atoms. The summed E-state index contributed by atoms with van der Waals surface area (Å²) >= 11 is 0. The van der Waals surface area contributed by atoms with E-state index in [1.807, 2.05) is 36.4 Å². The highest BCUT2D eigenvalue weighted by Crippen LogP contribution is 2.31. The monoisotopic (exact) mass is 386 g/mol. The second kappa shape index (κ2) is 9.43. The van der Waals surface area contributed by atoms with Gasteiger partial charge in [-0.25, -0.2) is 4.39 Å². The molecule has 0 aliphatic carbocycles. The van der Waals surface area contributed by atoms with Gasteiger partial charge in [-0.05, 0) is 73.6 Å². The number of terminal acetylenes is 1. The van der Waals surface area contributed by atoms with E-state index in [1.165, 1.54) is 17.2 Å². The maximum atomic E-state index is 14.2. The van der Waals surface area contributed by atoms with Crippen LogP contribution >= 0.6 is 0 Å². The van der Waals surface area contributed by atoms with Gasteiger partial charge in [0.2, 0.25) is 0 Å². The van der Waals surface area contributed by atoms with Crippen molar-refractivity contribution >= 4 is 0 Å². The molecule has 3 aromatic carbocycles. The predicted molar refractivity (Wildman–Crippen MR) is 118 cm³/mol. The normalized spacial score (nSPS) is 12.8. The minimum absolute atomic E-state index is 0.253. The molecule has 0 amide bonds. The van der Waals surface area contributed by atoms with E-state index in [4.69, 9.17) is 11.2 Å². The van der Waals surface area contributed by atoms with Crippen molar-refractivity contribution in [3.63, 3.8) is 0 Å². The molecule has 3 aromatic rings. The standard InChI is InChI=1S/C27H27FO/c1-4-21-13-16-23(17-14-21)27(3,5-2)19-9-10-22-15-18-25(28)26(20-22)29-24-11-7-6-8-12-24/h2,6-8,11-18,20H,4,9-10,19H2,1,3H3. The second-order valence-electron chi connectivity index (χ2n) is 7.56. The average Bonchev–Trinajstić information content (AvgIpc) is 2.76. The number of halogens is 1. The van der Waals surface area contributed by atoms with E-state index in [9.17, 15) is 4.39 Å². The van der Waals surface area contributed by atoms with Gasteiger partial charge in [0.25, 0.3) is 0 Å². The fraction of sp³-hybridized carbons (Fsp3) is 0.259. The first-order valence-electron chi connectivity index (χ1n) is 10.1. The van der Waals surface area contributed by atoms with E-state index in [0.717, 1.165) is 31.2 Å². The predicted octanol–water partition coefficient (Wildman–Crippen LogP) is 7.09. The Kier molecular flexibility index (Phi) is 6.73. The van der Waals surface area contributed by atoms with E-state index in [2.05, 4.69) is 44.0 Å². The highest BCUT2D eigenvalue weighted by atomic mass is 19.1. The van der Waals surface area contributed by atoms with Crippen LogP contribution in [0.4, 0.5) is 4.39 Å². The molecule has 0 saturated heterocycles. The number of hydrogen-bond acceptors (Lipinski definition) is 1. The van der Waals surface area contributed by atoms with Crippen LogP contribution in [0.5, 0.6) is 11.5 Å². The Labute approximate surface area is 173 Å². The second-order valence-corrected chi connectivity index (χ2v) is 7.56. The van der Waals surface area contributed by atoms with Crippen molar-refractivity contribution in [2.75, 3.05) is 0 Å². The lowest BCUT2D eigenvalue weighted by Crippen LogP contribution is -2.19. The smallest absolute Gasteiger partial charge is 0.165 e. The van der Waals surface area contributed by atoms with Crippen LogP contribution in [-0.2, 0) is 18.3 Å². The first kappa shape index (κ1) is 20.7. The quantitative estimate of drug-likeness (QED) is 0.375. The van der Waals surface area contributed by atoms with Crippen LogP contribution < -0.4 is 4.74 Å². The number of rotatable bonds is 8. The molecule has 0 aromatic heterocycles. The fourth-order valence-electron chi connectivity index (χ4n) is 3.45. The summed E-state index contributed by atoms with van der Waals surface area (Å²) in [6.07, 6.45) is 9.51. The molecule has 1 atom stereocenters. The third-order valence-corrected chi connectivity index (χ3v) is 5.43. The molecular weight excluding hydrogens is 359 g/mol. The van der Waals surface area contributed by atoms with Crippen molar-refractivity contribution in [3.05, 3.63) is 95.3 Å². The van der Waals surface area contributed by atoms with Crippen molar-refractivity contribution in [3.8, 4) is 23.8 Å². The van der Waals surface area contributed by atoms with Crippen molar-refractivity contribution in [2.24, 2.45) is 0 Å². The molecule has 0 bridgehead atoms. The van der Waals surface area contributed by atoms with Crippen LogP contribution in [0, 0.1) is 18.2 Å². The van der Waals surface area contributed by atoms with Gasteiger partial charge >= 0.3 is 0 Å². The first-order chi connectivity index (χ1) is 14.0. The van der Waals surface area contributed by atoms with Gasteiger partial charge in [0.1, 0.15) is 5.75 Å². The van der Waals surface area contributed by atoms with E-state index in [1.54, 1.807) is 6.07 Å². The molecule has 0 heterocycles. The van der Waals surface area contributed by atoms with Gasteiger partial charge in [-0.1, -0.05) is 61.4 Å². The minimum Gasteiger partial charge on any atom is -0.454 e.